The van der Waals surface area contributed by atoms with E-state index in [1.54, 1.807) is 0 Å². The van der Waals surface area contributed by atoms with Gasteiger partial charge in [-0.25, -0.2) is 5.09 Å². The van der Waals surface area contributed by atoms with Crippen LogP contribution >= 0.6 is 7.44 Å². The fraction of sp³-hybridized carbons (Fsp3) is 0.667. The number of para-hydroxylation sites is 1. The Morgan fingerprint density at radius 3 is 2.26 bits per heavy atom. The van der Waals surface area contributed by atoms with Crippen LogP contribution in [0.5, 0.6) is 0 Å². The number of rotatable bonds is 6. The first-order chi connectivity index (χ1) is 10.8. The fourth-order valence-corrected chi connectivity index (χ4v) is 6.00. The Balaban J connectivity index is 2.08. The summed E-state index contributed by atoms with van der Waals surface area (Å²) < 4.78 is 13.5. The summed E-state index contributed by atoms with van der Waals surface area (Å²) in [4.78, 5) is 0. The molecule has 0 aromatic heterocycles. The van der Waals surface area contributed by atoms with Crippen molar-refractivity contribution in [3.63, 3.8) is 0 Å². The minimum Gasteiger partial charge on any atom is -0.395 e. The van der Waals surface area contributed by atoms with Crippen LogP contribution in [0.2, 0.25) is 0 Å². The van der Waals surface area contributed by atoms with Gasteiger partial charge in [-0.05, 0) is 49.1 Å². The highest BCUT2D eigenvalue weighted by molar-refractivity contribution is 7.64. The topological polar surface area (TPSA) is 61.4 Å². The SMILES string of the molecule is CC(C)(C)C1CCC(P(=O)(NCCO)Nc2ccccc2)CC1. The molecule has 1 aromatic carbocycles. The zero-order valence-corrected chi connectivity index (χ0v) is 15.5. The van der Waals surface area contributed by atoms with Crippen LogP contribution in [0.25, 0.3) is 0 Å². The van der Waals surface area contributed by atoms with E-state index in [2.05, 4.69) is 30.9 Å². The summed E-state index contributed by atoms with van der Waals surface area (Å²) >= 11 is 0. The molecule has 1 aliphatic rings. The summed E-state index contributed by atoms with van der Waals surface area (Å²) in [6.45, 7) is 7.24. The molecule has 0 saturated heterocycles. The Hall–Kier alpha value is -0.830. The molecular weight excluding hydrogens is 307 g/mol. The highest BCUT2D eigenvalue weighted by atomic mass is 31.2. The standard InChI is InChI=1S/C18H31N2O2P/c1-18(2,3)15-9-11-17(12-10-15)23(22,19-13-14-21)20-16-7-5-4-6-8-16/h4-8,15,17,21H,9-14H2,1-3H3,(H2,19,20,22). The molecular formula is C18H31N2O2P. The third kappa shape index (κ3) is 5.07. The molecule has 0 amide bonds. The molecule has 2 rings (SSSR count). The van der Waals surface area contributed by atoms with E-state index >= 15 is 0 Å². The van der Waals surface area contributed by atoms with Gasteiger partial charge in [-0.1, -0.05) is 39.0 Å². The summed E-state index contributed by atoms with van der Waals surface area (Å²) in [6, 6.07) is 9.71. The molecule has 0 radical (unpaired) electrons. The van der Waals surface area contributed by atoms with Crippen molar-refractivity contribution in [2.75, 3.05) is 18.2 Å². The molecule has 1 aromatic rings. The van der Waals surface area contributed by atoms with Gasteiger partial charge in [0.15, 0.2) is 0 Å². The van der Waals surface area contributed by atoms with E-state index in [0.29, 0.717) is 17.9 Å². The van der Waals surface area contributed by atoms with Gasteiger partial charge in [-0.3, -0.25) is 4.57 Å². The van der Waals surface area contributed by atoms with Crippen molar-refractivity contribution in [2.24, 2.45) is 11.3 Å². The molecule has 0 heterocycles. The summed E-state index contributed by atoms with van der Waals surface area (Å²) in [5.74, 6) is 0.696. The average molecular weight is 338 g/mol. The molecule has 3 N–H and O–H groups in total. The third-order valence-corrected chi connectivity index (χ3v) is 7.79. The van der Waals surface area contributed by atoms with Crippen molar-refractivity contribution in [2.45, 2.75) is 52.1 Å². The lowest BCUT2D eigenvalue weighted by molar-refractivity contribution is 0.180. The van der Waals surface area contributed by atoms with Gasteiger partial charge < -0.3 is 10.2 Å². The lowest BCUT2D eigenvalue weighted by atomic mass is 9.72. The molecule has 1 fully saturated rings. The number of aliphatic hydroxyl groups excluding tert-OH is 1. The maximum absolute atomic E-state index is 13.5. The highest BCUT2D eigenvalue weighted by Gasteiger charge is 2.38. The van der Waals surface area contributed by atoms with Crippen molar-refractivity contribution < 1.29 is 9.67 Å². The maximum atomic E-state index is 13.5. The minimum atomic E-state index is -2.77. The van der Waals surface area contributed by atoms with Crippen LogP contribution in [0.15, 0.2) is 30.3 Å². The first-order valence-electron chi connectivity index (χ1n) is 8.64. The van der Waals surface area contributed by atoms with Crippen LogP contribution in [0.3, 0.4) is 0 Å². The van der Waals surface area contributed by atoms with Crippen LogP contribution in [0.4, 0.5) is 5.69 Å². The van der Waals surface area contributed by atoms with Gasteiger partial charge in [0.25, 0.3) is 0 Å². The van der Waals surface area contributed by atoms with Crippen molar-refractivity contribution in [3.05, 3.63) is 30.3 Å². The molecule has 1 unspecified atom stereocenters. The van der Waals surface area contributed by atoms with E-state index in [-0.39, 0.29) is 12.3 Å². The van der Waals surface area contributed by atoms with Crippen molar-refractivity contribution in [1.82, 2.24) is 5.09 Å². The zero-order chi connectivity index (χ0) is 16.9. The lowest BCUT2D eigenvalue weighted by Gasteiger charge is -2.39. The summed E-state index contributed by atoms with van der Waals surface area (Å²) in [7, 11) is -2.77. The largest absolute Gasteiger partial charge is 0.395 e. The molecule has 23 heavy (non-hydrogen) atoms. The number of aliphatic hydroxyl groups is 1. The number of benzene rings is 1. The monoisotopic (exact) mass is 338 g/mol. The third-order valence-electron chi connectivity index (χ3n) is 4.96. The summed E-state index contributed by atoms with van der Waals surface area (Å²) in [5.41, 5.74) is 1.33. The van der Waals surface area contributed by atoms with Crippen LogP contribution in [0.1, 0.15) is 46.5 Å². The quantitative estimate of drug-likeness (QED) is 0.669. The summed E-state index contributed by atoms with van der Waals surface area (Å²) in [5, 5.41) is 15.5. The van der Waals surface area contributed by atoms with Crippen molar-refractivity contribution in [3.8, 4) is 0 Å². The van der Waals surface area contributed by atoms with Crippen LogP contribution in [-0.4, -0.2) is 23.9 Å². The smallest absolute Gasteiger partial charge is 0.237 e. The average Bonchev–Trinajstić information content (AvgIpc) is 2.53. The lowest BCUT2D eigenvalue weighted by Crippen LogP contribution is -2.33. The molecule has 0 bridgehead atoms. The van der Waals surface area contributed by atoms with Gasteiger partial charge in [-0.2, -0.15) is 0 Å². The van der Waals surface area contributed by atoms with Gasteiger partial charge in [0, 0.05) is 17.9 Å². The van der Waals surface area contributed by atoms with Gasteiger partial charge in [0.2, 0.25) is 7.44 Å². The minimum absolute atomic E-state index is 0.00219. The van der Waals surface area contributed by atoms with Gasteiger partial charge in [-0.15, -0.1) is 0 Å². The molecule has 1 saturated carbocycles. The predicted molar refractivity (Wildman–Crippen MR) is 98.0 cm³/mol. The number of anilines is 1. The molecule has 130 valence electrons. The first-order valence-corrected chi connectivity index (χ1v) is 10.4. The van der Waals surface area contributed by atoms with E-state index in [9.17, 15) is 4.57 Å². The molecule has 4 nitrogen and oxygen atoms in total. The van der Waals surface area contributed by atoms with E-state index < -0.39 is 7.44 Å². The van der Waals surface area contributed by atoms with Crippen LogP contribution in [-0.2, 0) is 4.57 Å². The van der Waals surface area contributed by atoms with E-state index in [4.69, 9.17) is 5.11 Å². The Kier molecular flexibility index (Phi) is 6.30. The molecule has 5 heteroatoms. The first kappa shape index (κ1) is 18.5. The highest BCUT2D eigenvalue weighted by Crippen LogP contribution is 2.54. The number of hydrogen-bond acceptors (Lipinski definition) is 2. The van der Waals surface area contributed by atoms with Crippen molar-refractivity contribution in [1.29, 1.82) is 0 Å². The van der Waals surface area contributed by atoms with Crippen LogP contribution in [0, 0.1) is 11.3 Å². The predicted octanol–water partition coefficient (Wildman–Crippen LogP) is 4.48. The maximum Gasteiger partial charge on any atom is 0.237 e. The van der Waals surface area contributed by atoms with Crippen molar-refractivity contribution >= 4 is 13.1 Å². The zero-order valence-electron chi connectivity index (χ0n) is 14.6. The fourth-order valence-electron chi connectivity index (χ4n) is 3.49. The Morgan fingerprint density at radius 2 is 1.74 bits per heavy atom. The normalized spacial score (nSPS) is 24.9. The molecule has 1 atom stereocenters. The van der Waals surface area contributed by atoms with E-state index in [1.165, 1.54) is 0 Å². The van der Waals surface area contributed by atoms with Crippen LogP contribution < -0.4 is 10.2 Å². The second kappa shape index (κ2) is 7.83. The Morgan fingerprint density at radius 1 is 1.13 bits per heavy atom. The Bertz CT molecular complexity index is 520. The second-order valence-corrected chi connectivity index (χ2v) is 10.2. The van der Waals surface area contributed by atoms with Gasteiger partial charge >= 0.3 is 0 Å². The number of nitrogens with one attached hydrogen (secondary N) is 2. The molecule has 0 aliphatic heterocycles. The molecule has 0 spiro atoms. The molecule has 1 aliphatic carbocycles. The second-order valence-electron chi connectivity index (χ2n) is 7.64. The van der Waals surface area contributed by atoms with E-state index in [0.717, 1.165) is 31.4 Å². The van der Waals surface area contributed by atoms with E-state index in [1.807, 2.05) is 30.3 Å². The Labute approximate surface area is 140 Å². The van der Waals surface area contributed by atoms with Gasteiger partial charge in [0.05, 0.1) is 6.61 Å². The van der Waals surface area contributed by atoms with Gasteiger partial charge in [0.1, 0.15) is 0 Å². The number of hydrogen-bond donors (Lipinski definition) is 3. The summed E-state index contributed by atoms with van der Waals surface area (Å²) in [6.07, 6.45) is 4.18.